The standard InChI is InChI=1S/C15H15F3N4OS/c1-4-7-22-9(3)20-21-15(22)24-8(2)14(23)19-11-6-5-10(16)12(17)13(11)18/h4-6,8H,1,7H2,2-3H3,(H,19,23). The molecule has 1 N–H and O–H groups in total. The van der Waals surface area contributed by atoms with Crippen molar-refractivity contribution in [1.29, 1.82) is 0 Å². The Kier molecular flexibility index (Phi) is 5.66. The van der Waals surface area contributed by atoms with Crippen molar-refractivity contribution in [2.75, 3.05) is 5.32 Å². The molecule has 0 aliphatic heterocycles. The molecule has 1 aromatic carbocycles. The first-order valence-electron chi connectivity index (χ1n) is 6.96. The van der Waals surface area contributed by atoms with E-state index in [2.05, 4.69) is 22.1 Å². The summed E-state index contributed by atoms with van der Waals surface area (Å²) in [6.45, 7) is 7.47. The molecule has 2 aromatic rings. The van der Waals surface area contributed by atoms with Crippen molar-refractivity contribution >= 4 is 23.4 Å². The molecule has 2 rings (SSSR count). The van der Waals surface area contributed by atoms with Crippen molar-refractivity contribution in [1.82, 2.24) is 14.8 Å². The number of carbonyl (C=O) groups excluding carboxylic acids is 1. The second kappa shape index (κ2) is 7.52. The number of rotatable bonds is 6. The summed E-state index contributed by atoms with van der Waals surface area (Å²) in [5, 5.41) is 9.98. The molecule has 0 aliphatic rings. The highest BCUT2D eigenvalue weighted by atomic mass is 32.2. The Bertz CT molecular complexity index is 778. The van der Waals surface area contributed by atoms with Crippen LogP contribution >= 0.6 is 11.8 Å². The normalized spacial score (nSPS) is 12.0. The number of allylic oxidation sites excluding steroid dienone is 1. The average molecular weight is 356 g/mol. The minimum absolute atomic E-state index is 0.421. The highest BCUT2D eigenvalue weighted by molar-refractivity contribution is 8.00. The maximum Gasteiger partial charge on any atom is 0.237 e. The van der Waals surface area contributed by atoms with Gasteiger partial charge in [0.2, 0.25) is 5.91 Å². The molecule has 128 valence electrons. The van der Waals surface area contributed by atoms with Crippen molar-refractivity contribution in [3.63, 3.8) is 0 Å². The smallest absolute Gasteiger partial charge is 0.237 e. The molecule has 0 radical (unpaired) electrons. The van der Waals surface area contributed by atoms with Gasteiger partial charge >= 0.3 is 0 Å². The minimum Gasteiger partial charge on any atom is -0.323 e. The summed E-state index contributed by atoms with van der Waals surface area (Å²) >= 11 is 1.11. The third-order valence-electron chi connectivity index (χ3n) is 3.16. The summed E-state index contributed by atoms with van der Waals surface area (Å²) in [4.78, 5) is 12.1. The van der Waals surface area contributed by atoms with Crippen LogP contribution in [0.1, 0.15) is 12.7 Å². The maximum absolute atomic E-state index is 13.6. The Morgan fingerprint density at radius 2 is 2.08 bits per heavy atom. The van der Waals surface area contributed by atoms with Gasteiger partial charge in [-0.15, -0.1) is 16.8 Å². The van der Waals surface area contributed by atoms with Crippen molar-refractivity contribution in [2.24, 2.45) is 0 Å². The number of benzene rings is 1. The van der Waals surface area contributed by atoms with E-state index in [4.69, 9.17) is 0 Å². The molecule has 0 aliphatic carbocycles. The second-order valence-corrected chi connectivity index (χ2v) is 6.21. The van der Waals surface area contributed by atoms with Gasteiger partial charge in [0.1, 0.15) is 5.82 Å². The predicted octanol–water partition coefficient (Wildman–Crippen LogP) is 3.31. The van der Waals surface area contributed by atoms with E-state index in [0.29, 0.717) is 17.5 Å². The highest BCUT2D eigenvalue weighted by Crippen LogP contribution is 2.25. The molecule has 0 bridgehead atoms. The fourth-order valence-corrected chi connectivity index (χ4v) is 2.76. The van der Waals surface area contributed by atoms with Crippen LogP contribution in [0.25, 0.3) is 0 Å². The number of carbonyl (C=O) groups is 1. The molecule has 0 saturated carbocycles. The van der Waals surface area contributed by atoms with Gasteiger partial charge in [-0.2, -0.15) is 0 Å². The van der Waals surface area contributed by atoms with E-state index >= 15 is 0 Å². The third kappa shape index (κ3) is 3.78. The molecule has 0 fully saturated rings. The summed E-state index contributed by atoms with van der Waals surface area (Å²) in [5.41, 5.74) is -0.421. The van der Waals surface area contributed by atoms with Gasteiger partial charge < -0.3 is 9.88 Å². The first-order chi connectivity index (χ1) is 11.3. The topological polar surface area (TPSA) is 59.8 Å². The van der Waals surface area contributed by atoms with Gasteiger partial charge in [0, 0.05) is 6.54 Å². The predicted molar refractivity (Wildman–Crippen MR) is 85.2 cm³/mol. The molecule has 1 amide bonds. The second-order valence-electron chi connectivity index (χ2n) is 4.90. The first kappa shape index (κ1) is 18.1. The Balaban J connectivity index is 2.11. The Hall–Kier alpha value is -2.29. The molecule has 1 unspecified atom stereocenters. The molecular weight excluding hydrogens is 341 g/mol. The number of halogens is 3. The van der Waals surface area contributed by atoms with E-state index in [1.54, 1.807) is 24.5 Å². The Morgan fingerprint density at radius 1 is 1.38 bits per heavy atom. The number of aryl methyl sites for hydroxylation is 1. The van der Waals surface area contributed by atoms with Crippen molar-refractivity contribution in [2.45, 2.75) is 30.8 Å². The van der Waals surface area contributed by atoms with Crippen LogP contribution in [-0.4, -0.2) is 25.9 Å². The largest absolute Gasteiger partial charge is 0.323 e. The Morgan fingerprint density at radius 3 is 2.75 bits per heavy atom. The zero-order valence-electron chi connectivity index (χ0n) is 13.0. The van der Waals surface area contributed by atoms with Crippen LogP contribution in [0.4, 0.5) is 18.9 Å². The van der Waals surface area contributed by atoms with Crippen LogP contribution in [0.2, 0.25) is 0 Å². The van der Waals surface area contributed by atoms with Crippen molar-refractivity contribution in [3.05, 3.63) is 48.1 Å². The maximum atomic E-state index is 13.6. The van der Waals surface area contributed by atoms with Crippen LogP contribution in [0.15, 0.2) is 29.9 Å². The SMILES string of the molecule is C=CCn1c(C)nnc1SC(C)C(=O)Nc1ccc(F)c(F)c1F. The lowest BCUT2D eigenvalue weighted by molar-refractivity contribution is -0.115. The van der Waals surface area contributed by atoms with E-state index in [-0.39, 0.29) is 0 Å². The number of nitrogens with zero attached hydrogens (tertiary/aromatic N) is 3. The summed E-state index contributed by atoms with van der Waals surface area (Å²) < 4.78 is 41.5. The summed E-state index contributed by atoms with van der Waals surface area (Å²) in [6, 6.07) is 1.71. The van der Waals surface area contributed by atoms with E-state index in [9.17, 15) is 18.0 Å². The van der Waals surface area contributed by atoms with E-state index in [0.717, 1.165) is 23.9 Å². The van der Waals surface area contributed by atoms with E-state index in [1.807, 2.05) is 0 Å². The number of thioether (sulfide) groups is 1. The lowest BCUT2D eigenvalue weighted by Gasteiger charge is -2.13. The van der Waals surface area contributed by atoms with Crippen LogP contribution in [0.3, 0.4) is 0 Å². The van der Waals surface area contributed by atoms with Gasteiger partial charge in [0.15, 0.2) is 22.6 Å². The van der Waals surface area contributed by atoms with Gasteiger partial charge in [0.25, 0.3) is 0 Å². The minimum atomic E-state index is -1.63. The molecule has 1 heterocycles. The molecule has 5 nitrogen and oxygen atoms in total. The van der Waals surface area contributed by atoms with Gasteiger partial charge in [0.05, 0.1) is 10.9 Å². The first-order valence-corrected chi connectivity index (χ1v) is 7.84. The third-order valence-corrected chi connectivity index (χ3v) is 4.24. The van der Waals surface area contributed by atoms with Crippen LogP contribution in [0, 0.1) is 24.4 Å². The van der Waals surface area contributed by atoms with Gasteiger partial charge in [-0.05, 0) is 26.0 Å². The number of anilines is 1. The average Bonchev–Trinajstić information content (AvgIpc) is 2.89. The zero-order chi connectivity index (χ0) is 17.9. The summed E-state index contributed by atoms with van der Waals surface area (Å²) in [5.74, 6) is -4.30. The molecular formula is C15H15F3N4OS. The number of aromatic nitrogens is 3. The molecule has 24 heavy (non-hydrogen) atoms. The van der Waals surface area contributed by atoms with Gasteiger partial charge in [-0.25, -0.2) is 13.2 Å². The molecule has 1 atom stereocenters. The van der Waals surface area contributed by atoms with Crippen molar-refractivity contribution in [3.8, 4) is 0 Å². The molecule has 0 saturated heterocycles. The number of nitrogens with one attached hydrogen (secondary N) is 1. The van der Waals surface area contributed by atoms with Crippen LogP contribution in [0.5, 0.6) is 0 Å². The number of hydrogen-bond acceptors (Lipinski definition) is 4. The summed E-state index contributed by atoms with van der Waals surface area (Å²) in [6.07, 6.45) is 1.67. The zero-order valence-corrected chi connectivity index (χ0v) is 13.8. The van der Waals surface area contributed by atoms with Gasteiger partial charge in [-0.3, -0.25) is 4.79 Å². The number of amides is 1. The molecule has 0 spiro atoms. The van der Waals surface area contributed by atoms with E-state index in [1.165, 1.54) is 0 Å². The quantitative estimate of drug-likeness (QED) is 0.490. The number of hydrogen-bond donors (Lipinski definition) is 1. The van der Waals surface area contributed by atoms with Crippen LogP contribution < -0.4 is 5.32 Å². The highest BCUT2D eigenvalue weighted by Gasteiger charge is 2.21. The van der Waals surface area contributed by atoms with Crippen molar-refractivity contribution < 1.29 is 18.0 Å². The molecule has 9 heteroatoms. The summed E-state index contributed by atoms with van der Waals surface area (Å²) in [7, 11) is 0. The van der Waals surface area contributed by atoms with E-state index < -0.39 is 34.3 Å². The lowest BCUT2D eigenvalue weighted by Crippen LogP contribution is -2.24. The van der Waals surface area contributed by atoms with Gasteiger partial charge in [-0.1, -0.05) is 17.8 Å². The fraction of sp³-hybridized carbons (Fsp3) is 0.267. The fourth-order valence-electron chi connectivity index (χ4n) is 1.86. The Labute approximate surface area is 141 Å². The lowest BCUT2D eigenvalue weighted by atomic mass is 10.2. The molecule has 1 aromatic heterocycles. The monoisotopic (exact) mass is 356 g/mol. The van der Waals surface area contributed by atoms with Crippen LogP contribution in [-0.2, 0) is 11.3 Å².